The molecule has 170 valence electrons. The summed E-state index contributed by atoms with van der Waals surface area (Å²) in [6, 6.07) is 30.3. The van der Waals surface area contributed by atoms with Gasteiger partial charge >= 0.3 is 5.97 Å². The highest BCUT2D eigenvalue weighted by atomic mass is 16.5. The minimum Gasteiger partial charge on any atom is -0.488 e. The first-order chi connectivity index (χ1) is 16.6. The number of hydrogen-bond donors (Lipinski definition) is 2. The standard InChI is InChI=1S/C29H25NO4/c1-2-28(31)30-21-16-17-24(26(18-21)29(32)33)22-12-6-7-13-23(22)25-14-8-9-15-27(25)34-19-20-10-4-3-5-11-20/h3-18H,2,19H2,1H3,(H,30,31)(H,32,33). The molecule has 0 aliphatic rings. The van der Waals surface area contributed by atoms with Gasteiger partial charge in [-0.1, -0.05) is 85.8 Å². The number of benzene rings is 4. The molecule has 5 nitrogen and oxygen atoms in total. The van der Waals surface area contributed by atoms with E-state index in [0.29, 0.717) is 30.0 Å². The van der Waals surface area contributed by atoms with E-state index in [4.69, 9.17) is 4.74 Å². The highest BCUT2D eigenvalue weighted by Gasteiger charge is 2.18. The fourth-order valence-corrected chi connectivity index (χ4v) is 3.79. The molecule has 0 saturated heterocycles. The zero-order valence-electron chi connectivity index (χ0n) is 18.8. The fraction of sp³-hybridized carbons (Fsp3) is 0.103. The second-order valence-corrected chi connectivity index (χ2v) is 7.78. The minimum absolute atomic E-state index is 0.115. The van der Waals surface area contributed by atoms with Crippen LogP contribution >= 0.6 is 0 Å². The Morgan fingerprint density at radius 1 is 0.765 bits per heavy atom. The molecule has 0 saturated carbocycles. The molecule has 34 heavy (non-hydrogen) atoms. The van der Waals surface area contributed by atoms with Crippen LogP contribution in [0.15, 0.2) is 97.1 Å². The van der Waals surface area contributed by atoms with E-state index < -0.39 is 5.97 Å². The van der Waals surface area contributed by atoms with E-state index in [1.54, 1.807) is 19.1 Å². The Labute approximate surface area is 198 Å². The maximum absolute atomic E-state index is 12.1. The summed E-state index contributed by atoms with van der Waals surface area (Å²) in [6.45, 7) is 2.17. The van der Waals surface area contributed by atoms with E-state index in [-0.39, 0.29) is 11.5 Å². The third-order valence-electron chi connectivity index (χ3n) is 5.49. The van der Waals surface area contributed by atoms with Crippen LogP contribution in [-0.4, -0.2) is 17.0 Å². The van der Waals surface area contributed by atoms with Gasteiger partial charge in [0.25, 0.3) is 0 Å². The topological polar surface area (TPSA) is 75.6 Å². The maximum Gasteiger partial charge on any atom is 0.336 e. The average Bonchev–Trinajstić information content (AvgIpc) is 2.88. The molecule has 4 aromatic rings. The van der Waals surface area contributed by atoms with Crippen molar-refractivity contribution in [1.82, 2.24) is 0 Å². The van der Waals surface area contributed by atoms with Crippen molar-refractivity contribution in [3.05, 3.63) is 108 Å². The third kappa shape index (κ3) is 5.15. The summed E-state index contributed by atoms with van der Waals surface area (Å²) >= 11 is 0. The van der Waals surface area contributed by atoms with Crippen LogP contribution in [0.2, 0.25) is 0 Å². The number of anilines is 1. The van der Waals surface area contributed by atoms with Gasteiger partial charge in [-0.25, -0.2) is 4.79 Å². The number of para-hydroxylation sites is 1. The van der Waals surface area contributed by atoms with Crippen LogP contribution in [0.4, 0.5) is 5.69 Å². The van der Waals surface area contributed by atoms with Crippen molar-refractivity contribution in [2.24, 2.45) is 0 Å². The van der Waals surface area contributed by atoms with Gasteiger partial charge in [0.15, 0.2) is 0 Å². The normalized spacial score (nSPS) is 10.5. The molecule has 0 aliphatic carbocycles. The lowest BCUT2D eigenvalue weighted by Gasteiger charge is -2.17. The van der Waals surface area contributed by atoms with E-state index in [0.717, 1.165) is 22.3 Å². The highest BCUT2D eigenvalue weighted by Crippen LogP contribution is 2.39. The number of nitrogens with one attached hydrogen (secondary N) is 1. The summed E-state index contributed by atoms with van der Waals surface area (Å²) in [5.41, 5.74) is 4.69. The lowest BCUT2D eigenvalue weighted by atomic mass is 9.91. The van der Waals surface area contributed by atoms with Crippen molar-refractivity contribution < 1.29 is 19.4 Å². The van der Waals surface area contributed by atoms with Gasteiger partial charge in [-0.15, -0.1) is 0 Å². The zero-order valence-corrected chi connectivity index (χ0v) is 18.8. The lowest BCUT2D eigenvalue weighted by molar-refractivity contribution is -0.115. The molecule has 4 aromatic carbocycles. The van der Waals surface area contributed by atoms with E-state index in [2.05, 4.69) is 5.32 Å². The molecule has 0 atom stereocenters. The minimum atomic E-state index is -1.06. The summed E-state index contributed by atoms with van der Waals surface area (Å²) in [4.78, 5) is 23.9. The van der Waals surface area contributed by atoms with Crippen molar-refractivity contribution >= 4 is 17.6 Å². The second kappa shape index (κ2) is 10.5. The molecular weight excluding hydrogens is 426 g/mol. The summed E-state index contributed by atoms with van der Waals surface area (Å²) < 4.78 is 6.16. The molecule has 0 radical (unpaired) electrons. The first kappa shape index (κ1) is 22.8. The monoisotopic (exact) mass is 451 g/mol. The molecule has 0 aromatic heterocycles. The number of carboxylic acid groups (broad SMARTS) is 1. The fourth-order valence-electron chi connectivity index (χ4n) is 3.79. The largest absolute Gasteiger partial charge is 0.488 e. The second-order valence-electron chi connectivity index (χ2n) is 7.78. The molecule has 0 unspecified atom stereocenters. The Bertz CT molecular complexity index is 1310. The Morgan fingerprint density at radius 2 is 1.38 bits per heavy atom. The van der Waals surface area contributed by atoms with Crippen LogP contribution in [0, 0.1) is 0 Å². The van der Waals surface area contributed by atoms with E-state index in [9.17, 15) is 14.7 Å². The molecule has 4 rings (SSSR count). The lowest BCUT2D eigenvalue weighted by Crippen LogP contribution is -2.10. The molecule has 0 bridgehead atoms. The van der Waals surface area contributed by atoms with Crippen molar-refractivity contribution in [2.75, 3.05) is 5.32 Å². The number of carbonyl (C=O) groups excluding carboxylic acids is 1. The van der Waals surface area contributed by atoms with E-state index in [1.807, 2.05) is 78.9 Å². The SMILES string of the molecule is CCC(=O)Nc1ccc(-c2ccccc2-c2ccccc2OCc2ccccc2)c(C(=O)O)c1. The van der Waals surface area contributed by atoms with Gasteiger partial charge in [-0.05, 0) is 40.5 Å². The Morgan fingerprint density at radius 3 is 2.06 bits per heavy atom. The number of hydrogen-bond acceptors (Lipinski definition) is 3. The highest BCUT2D eigenvalue weighted by molar-refractivity contribution is 6.01. The third-order valence-corrected chi connectivity index (χ3v) is 5.49. The first-order valence-corrected chi connectivity index (χ1v) is 11.1. The molecule has 5 heteroatoms. The number of ether oxygens (including phenoxy) is 1. The number of amides is 1. The smallest absolute Gasteiger partial charge is 0.336 e. The van der Waals surface area contributed by atoms with Gasteiger partial charge in [-0.3, -0.25) is 4.79 Å². The first-order valence-electron chi connectivity index (χ1n) is 11.1. The van der Waals surface area contributed by atoms with Crippen LogP contribution in [-0.2, 0) is 11.4 Å². The van der Waals surface area contributed by atoms with Gasteiger partial charge in [0.1, 0.15) is 12.4 Å². The number of carbonyl (C=O) groups is 2. The average molecular weight is 452 g/mol. The Kier molecular flexibility index (Phi) is 7.04. The van der Waals surface area contributed by atoms with Crippen molar-refractivity contribution in [1.29, 1.82) is 0 Å². The summed E-state index contributed by atoms with van der Waals surface area (Å²) in [5, 5.41) is 12.7. The Hall–Kier alpha value is -4.38. The summed E-state index contributed by atoms with van der Waals surface area (Å²) in [5.74, 6) is -0.525. The van der Waals surface area contributed by atoms with Gasteiger partial charge in [-0.2, -0.15) is 0 Å². The van der Waals surface area contributed by atoms with Gasteiger partial charge < -0.3 is 15.2 Å². The molecule has 0 spiro atoms. The summed E-state index contributed by atoms with van der Waals surface area (Å²) in [7, 11) is 0. The zero-order chi connectivity index (χ0) is 23.9. The predicted molar refractivity (Wildman–Crippen MR) is 134 cm³/mol. The predicted octanol–water partition coefficient (Wildman–Crippen LogP) is 6.65. The van der Waals surface area contributed by atoms with Gasteiger partial charge in [0.05, 0.1) is 5.56 Å². The van der Waals surface area contributed by atoms with Crippen LogP contribution in [0.25, 0.3) is 22.3 Å². The summed E-state index contributed by atoms with van der Waals surface area (Å²) in [6.07, 6.45) is 0.312. The molecule has 1 amide bonds. The van der Waals surface area contributed by atoms with Crippen LogP contribution in [0.3, 0.4) is 0 Å². The quantitative estimate of drug-likeness (QED) is 0.315. The molecule has 0 heterocycles. The van der Waals surface area contributed by atoms with E-state index >= 15 is 0 Å². The number of aromatic carboxylic acids is 1. The van der Waals surface area contributed by atoms with Gasteiger partial charge in [0, 0.05) is 17.7 Å². The number of rotatable bonds is 8. The van der Waals surface area contributed by atoms with Crippen molar-refractivity contribution in [2.45, 2.75) is 20.0 Å². The molecular formula is C29H25NO4. The number of carboxylic acids is 1. The van der Waals surface area contributed by atoms with Crippen molar-refractivity contribution in [3.8, 4) is 28.0 Å². The van der Waals surface area contributed by atoms with Gasteiger partial charge in [0.2, 0.25) is 5.91 Å². The van der Waals surface area contributed by atoms with Crippen molar-refractivity contribution in [3.63, 3.8) is 0 Å². The maximum atomic E-state index is 12.1. The molecule has 0 fully saturated rings. The van der Waals surface area contributed by atoms with Crippen LogP contribution < -0.4 is 10.1 Å². The molecule has 0 aliphatic heterocycles. The Balaban J connectivity index is 1.75. The van der Waals surface area contributed by atoms with Crippen LogP contribution in [0.1, 0.15) is 29.3 Å². The van der Waals surface area contributed by atoms with Crippen LogP contribution in [0.5, 0.6) is 5.75 Å². The molecule has 2 N–H and O–H groups in total. The van der Waals surface area contributed by atoms with E-state index in [1.165, 1.54) is 6.07 Å².